The molecule has 0 amide bonds. The summed E-state index contributed by atoms with van der Waals surface area (Å²) in [6, 6.07) is 4.12. The van der Waals surface area contributed by atoms with Gasteiger partial charge < -0.3 is 0 Å². The van der Waals surface area contributed by atoms with Gasteiger partial charge in [0.2, 0.25) is 0 Å². The molecule has 0 aromatic heterocycles. The topological polar surface area (TPSA) is 3.24 Å². The van der Waals surface area contributed by atoms with E-state index in [4.69, 9.17) is 0 Å². The lowest BCUT2D eigenvalue weighted by atomic mass is 10.1. The zero-order chi connectivity index (χ0) is 13.8. The average Bonchev–Trinajstić information content (AvgIpc) is 2.20. The van der Waals surface area contributed by atoms with Crippen molar-refractivity contribution < 1.29 is 17.6 Å². The van der Waals surface area contributed by atoms with Gasteiger partial charge in [-0.3, -0.25) is 4.90 Å². The fourth-order valence-corrected chi connectivity index (χ4v) is 2.17. The van der Waals surface area contributed by atoms with Crippen molar-refractivity contribution in [2.24, 2.45) is 0 Å². The standard InChI is InChI=1S/C12H14BrF4N/c1-9-6-11(14)3-2-10(9)7-18(5-4-13)8-12(15,16)17/h2-3,6H,4-5,7-8H2,1H3. The highest BCUT2D eigenvalue weighted by Crippen LogP contribution is 2.19. The molecular weight excluding hydrogens is 314 g/mol. The van der Waals surface area contributed by atoms with Gasteiger partial charge in [0.15, 0.2) is 0 Å². The minimum absolute atomic E-state index is 0.164. The molecule has 0 atom stereocenters. The van der Waals surface area contributed by atoms with Gasteiger partial charge in [-0.2, -0.15) is 13.2 Å². The number of hydrogen-bond acceptors (Lipinski definition) is 1. The molecule has 0 aliphatic heterocycles. The van der Waals surface area contributed by atoms with E-state index in [-0.39, 0.29) is 18.9 Å². The molecule has 0 aliphatic rings. The zero-order valence-electron chi connectivity index (χ0n) is 9.90. The maximum atomic E-state index is 12.9. The third-order valence-corrected chi connectivity index (χ3v) is 2.86. The number of nitrogens with zero attached hydrogens (tertiary/aromatic N) is 1. The Morgan fingerprint density at radius 3 is 2.44 bits per heavy atom. The summed E-state index contributed by atoms with van der Waals surface area (Å²) in [7, 11) is 0. The van der Waals surface area contributed by atoms with E-state index >= 15 is 0 Å². The van der Waals surface area contributed by atoms with Crippen molar-refractivity contribution in [3.8, 4) is 0 Å². The predicted molar refractivity (Wildman–Crippen MR) is 66.3 cm³/mol. The number of halogens is 5. The lowest BCUT2D eigenvalue weighted by molar-refractivity contribution is -0.146. The van der Waals surface area contributed by atoms with Crippen LogP contribution in [0.2, 0.25) is 0 Å². The molecule has 0 unspecified atom stereocenters. The zero-order valence-corrected chi connectivity index (χ0v) is 11.5. The van der Waals surface area contributed by atoms with Gasteiger partial charge in [-0.25, -0.2) is 4.39 Å². The average molecular weight is 328 g/mol. The minimum Gasteiger partial charge on any atom is -0.290 e. The number of hydrogen-bond donors (Lipinski definition) is 0. The Morgan fingerprint density at radius 1 is 1.28 bits per heavy atom. The maximum Gasteiger partial charge on any atom is 0.401 e. The Kier molecular flexibility index (Phi) is 5.59. The van der Waals surface area contributed by atoms with Crippen molar-refractivity contribution in [3.05, 3.63) is 35.1 Å². The molecule has 0 spiro atoms. The predicted octanol–water partition coefficient (Wildman–Crippen LogP) is 3.89. The molecule has 1 aromatic rings. The van der Waals surface area contributed by atoms with Crippen molar-refractivity contribution in [2.75, 3.05) is 18.4 Å². The van der Waals surface area contributed by atoms with Gasteiger partial charge in [-0.05, 0) is 30.2 Å². The Morgan fingerprint density at radius 2 is 1.94 bits per heavy atom. The van der Waals surface area contributed by atoms with Gasteiger partial charge in [0, 0.05) is 18.4 Å². The fraction of sp³-hybridized carbons (Fsp3) is 0.500. The smallest absolute Gasteiger partial charge is 0.290 e. The van der Waals surface area contributed by atoms with Crippen LogP contribution < -0.4 is 0 Å². The van der Waals surface area contributed by atoms with E-state index in [1.54, 1.807) is 6.92 Å². The van der Waals surface area contributed by atoms with Crippen LogP contribution in [0.25, 0.3) is 0 Å². The largest absolute Gasteiger partial charge is 0.401 e. The lowest BCUT2D eigenvalue weighted by Crippen LogP contribution is -2.35. The second-order valence-corrected chi connectivity index (χ2v) is 4.88. The number of aryl methyl sites for hydroxylation is 1. The molecule has 1 aromatic carbocycles. The molecule has 1 rings (SSSR count). The molecule has 0 saturated carbocycles. The SMILES string of the molecule is Cc1cc(F)ccc1CN(CCBr)CC(F)(F)F. The van der Waals surface area contributed by atoms with Gasteiger partial charge in [-0.15, -0.1) is 0 Å². The molecule has 102 valence electrons. The first-order valence-electron chi connectivity index (χ1n) is 5.42. The monoisotopic (exact) mass is 327 g/mol. The first-order valence-corrected chi connectivity index (χ1v) is 6.54. The first-order chi connectivity index (χ1) is 8.31. The molecule has 0 heterocycles. The Labute approximate surface area is 112 Å². The number of rotatable bonds is 5. The summed E-state index contributed by atoms with van der Waals surface area (Å²) >= 11 is 3.13. The summed E-state index contributed by atoms with van der Waals surface area (Å²) < 4.78 is 50.0. The van der Waals surface area contributed by atoms with Crippen LogP contribution in [0.1, 0.15) is 11.1 Å². The summed E-state index contributed by atoms with van der Waals surface area (Å²) in [6.07, 6.45) is -4.23. The van der Waals surface area contributed by atoms with E-state index in [9.17, 15) is 17.6 Å². The normalized spacial score (nSPS) is 12.2. The van der Waals surface area contributed by atoms with Crippen molar-refractivity contribution in [1.82, 2.24) is 4.90 Å². The third kappa shape index (κ3) is 5.35. The van der Waals surface area contributed by atoms with Gasteiger partial charge in [-0.1, -0.05) is 22.0 Å². The summed E-state index contributed by atoms with van der Waals surface area (Å²) in [5, 5.41) is 0.462. The minimum atomic E-state index is -4.23. The van der Waals surface area contributed by atoms with E-state index in [0.29, 0.717) is 16.5 Å². The maximum absolute atomic E-state index is 12.9. The summed E-state index contributed by atoms with van der Waals surface area (Å²) in [5.41, 5.74) is 1.37. The molecule has 0 radical (unpaired) electrons. The van der Waals surface area contributed by atoms with Crippen LogP contribution in [-0.2, 0) is 6.54 Å². The van der Waals surface area contributed by atoms with Crippen LogP contribution in [0.3, 0.4) is 0 Å². The van der Waals surface area contributed by atoms with Crippen LogP contribution in [0.4, 0.5) is 17.6 Å². The highest BCUT2D eigenvalue weighted by Gasteiger charge is 2.30. The molecule has 0 saturated heterocycles. The molecule has 0 aliphatic carbocycles. The molecule has 0 N–H and O–H groups in total. The molecule has 0 fully saturated rings. The van der Waals surface area contributed by atoms with E-state index in [0.717, 1.165) is 0 Å². The Bertz CT molecular complexity index is 392. The highest BCUT2D eigenvalue weighted by molar-refractivity contribution is 9.09. The molecule has 1 nitrogen and oxygen atoms in total. The molecular formula is C12H14BrF4N. The van der Waals surface area contributed by atoms with Crippen molar-refractivity contribution in [2.45, 2.75) is 19.6 Å². The number of alkyl halides is 4. The quantitative estimate of drug-likeness (QED) is 0.585. The van der Waals surface area contributed by atoms with Crippen LogP contribution >= 0.6 is 15.9 Å². The van der Waals surface area contributed by atoms with E-state index in [1.807, 2.05) is 0 Å². The van der Waals surface area contributed by atoms with Crippen LogP contribution in [0.5, 0.6) is 0 Å². The van der Waals surface area contributed by atoms with E-state index < -0.39 is 12.7 Å². The molecule has 6 heteroatoms. The van der Waals surface area contributed by atoms with E-state index in [1.165, 1.54) is 23.1 Å². The second-order valence-electron chi connectivity index (χ2n) is 4.09. The van der Waals surface area contributed by atoms with Crippen molar-refractivity contribution >= 4 is 15.9 Å². The summed E-state index contributed by atoms with van der Waals surface area (Å²) in [5.74, 6) is -0.376. The second kappa shape index (κ2) is 6.52. The Balaban J connectivity index is 2.76. The van der Waals surface area contributed by atoms with Crippen LogP contribution in [0.15, 0.2) is 18.2 Å². The van der Waals surface area contributed by atoms with Crippen molar-refractivity contribution in [3.63, 3.8) is 0 Å². The first kappa shape index (κ1) is 15.4. The fourth-order valence-electron chi connectivity index (χ4n) is 1.66. The van der Waals surface area contributed by atoms with Gasteiger partial charge in [0.1, 0.15) is 5.82 Å². The molecule has 0 bridgehead atoms. The van der Waals surface area contributed by atoms with Gasteiger partial charge in [0.05, 0.1) is 6.54 Å². The van der Waals surface area contributed by atoms with Gasteiger partial charge in [0.25, 0.3) is 0 Å². The highest BCUT2D eigenvalue weighted by atomic mass is 79.9. The van der Waals surface area contributed by atoms with Crippen LogP contribution in [0, 0.1) is 12.7 Å². The van der Waals surface area contributed by atoms with Gasteiger partial charge >= 0.3 is 6.18 Å². The van der Waals surface area contributed by atoms with Crippen LogP contribution in [-0.4, -0.2) is 29.5 Å². The molecule has 18 heavy (non-hydrogen) atoms. The van der Waals surface area contributed by atoms with E-state index in [2.05, 4.69) is 15.9 Å². The van der Waals surface area contributed by atoms with Crippen molar-refractivity contribution in [1.29, 1.82) is 0 Å². The number of benzene rings is 1. The Hall–Kier alpha value is -0.620. The summed E-state index contributed by atoms with van der Waals surface area (Å²) in [4.78, 5) is 1.29. The lowest BCUT2D eigenvalue weighted by Gasteiger charge is -2.23. The third-order valence-electron chi connectivity index (χ3n) is 2.50. The summed E-state index contributed by atoms with van der Waals surface area (Å²) in [6.45, 7) is 1.18.